The Hall–Kier alpha value is -1.83. The second-order valence-electron chi connectivity index (χ2n) is 5.40. The Morgan fingerprint density at radius 1 is 1.40 bits per heavy atom. The predicted molar refractivity (Wildman–Crippen MR) is 99.8 cm³/mol. The lowest BCUT2D eigenvalue weighted by Crippen LogP contribution is -2.33. The number of thioether (sulfide) groups is 1. The topological polar surface area (TPSA) is 73.2 Å². The zero-order valence-electron chi connectivity index (χ0n) is 14.3. The van der Waals surface area contributed by atoms with Gasteiger partial charge in [-0.1, -0.05) is 29.4 Å². The predicted octanol–water partition coefficient (Wildman–Crippen LogP) is 2.44. The number of amides is 1. The van der Waals surface area contributed by atoms with Crippen molar-refractivity contribution in [2.24, 2.45) is 0 Å². The average molecular weight is 382 g/mol. The first-order chi connectivity index (χ1) is 11.9. The molecule has 0 aliphatic carbocycles. The van der Waals surface area contributed by atoms with Crippen LogP contribution in [0.15, 0.2) is 40.2 Å². The van der Waals surface area contributed by atoms with E-state index < -0.39 is 0 Å². The molecule has 1 amide bonds. The second-order valence-corrected chi connectivity index (χ2v) is 7.17. The number of nitrogens with zero attached hydrogens (tertiary/aromatic N) is 2. The molecule has 0 saturated carbocycles. The molecule has 0 unspecified atom stereocenters. The van der Waals surface area contributed by atoms with Crippen LogP contribution in [0.1, 0.15) is 12.5 Å². The minimum Gasteiger partial charge on any atom is -0.383 e. The number of ether oxygens (including phenoxy) is 1. The molecular formula is C17H20ClN3O3S. The third-order valence-electron chi connectivity index (χ3n) is 3.45. The normalized spacial score (nSPS) is 12.0. The Morgan fingerprint density at radius 3 is 2.84 bits per heavy atom. The number of aryl methyl sites for hydroxylation is 1. The van der Waals surface area contributed by atoms with Crippen molar-refractivity contribution in [2.75, 3.05) is 20.3 Å². The molecule has 1 atom stereocenters. The molecule has 0 saturated heterocycles. The van der Waals surface area contributed by atoms with E-state index in [4.69, 9.17) is 16.3 Å². The second kappa shape index (κ2) is 9.03. The van der Waals surface area contributed by atoms with Gasteiger partial charge in [0.25, 0.3) is 5.56 Å². The van der Waals surface area contributed by atoms with Gasteiger partial charge in [-0.2, -0.15) is 9.78 Å². The van der Waals surface area contributed by atoms with Gasteiger partial charge in [0.2, 0.25) is 5.91 Å². The quantitative estimate of drug-likeness (QED) is 0.589. The summed E-state index contributed by atoms with van der Waals surface area (Å²) in [5.41, 5.74) is 1.24. The van der Waals surface area contributed by atoms with Crippen LogP contribution < -0.4 is 10.9 Å². The van der Waals surface area contributed by atoms with Gasteiger partial charge < -0.3 is 10.1 Å². The van der Waals surface area contributed by atoms with E-state index in [-0.39, 0.29) is 16.7 Å². The van der Waals surface area contributed by atoms with Gasteiger partial charge in [0.05, 0.1) is 17.5 Å². The first-order valence-electron chi connectivity index (χ1n) is 7.72. The van der Waals surface area contributed by atoms with Crippen LogP contribution in [0, 0.1) is 6.92 Å². The van der Waals surface area contributed by atoms with Gasteiger partial charge in [-0.25, -0.2) is 0 Å². The zero-order chi connectivity index (χ0) is 18.4. The van der Waals surface area contributed by atoms with Crippen LogP contribution in [-0.2, 0) is 9.53 Å². The Labute approximate surface area is 155 Å². The highest BCUT2D eigenvalue weighted by atomic mass is 35.5. The molecule has 0 aliphatic heterocycles. The van der Waals surface area contributed by atoms with E-state index in [0.29, 0.717) is 28.9 Å². The highest BCUT2D eigenvalue weighted by Crippen LogP contribution is 2.22. The number of carbonyl (C=O) groups is 1. The molecule has 2 rings (SSSR count). The standard InChI is InChI=1S/C17H20ClN3O3S/c1-11-4-5-13(10-14(11)18)21-16(22)7-6-15(20-21)25-12(2)17(23)19-8-9-24-3/h4-7,10,12H,8-9H2,1-3H3,(H,19,23)/t12-/m0/s1. The lowest BCUT2D eigenvalue weighted by molar-refractivity contribution is -0.120. The molecule has 1 aromatic heterocycles. The summed E-state index contributed by atoms with van der Waals surface area (Å²) < 4.78 is 6.18. The van der Waals surface area contributed by atoms with Crippen molar-refractivity contribution in [3.8, 4) is 5.69 Å². The molecule has 0 radical (unpaired) electrons. The Balaban J connectivity index is 2.17. The van der Waals surface area contributed by atoms with E-state index >= 15 is 0 Å². The highest BCUT2D eigenvalue weighted by molar-refractivity contribution is 8.00. The number of methoxy groups -OCH3 is 1. The average Bonchev–Trinajstić information content (AvgIpc) is 2.59. The summed E-state index contributed by atoms with van der Waals surface area (Å²) >= 11 is 7.41. The molecule has 2 aromatic rings. The molecular weight excluding hydrogens is 362 g/mol. The number of benzene rings is 1. The van der Waals surface area contributed by atoms with Crippen LogP contribution in [0.4, 0.5) is 0 Å². The van der Waals surface area contributed by atoms with Gasteiger partial charge in [0, 0.05) is 24.7 Å². The van der Waals surface area contributed by atoms with Gasteiger partial charge in [-0.3, -0.25) is 9.59 Å². The smallest absolute Gasteiger partial charge is 0.271 e. The van der Waals surface area contributed by atoms with Crippen molar-refractivity contribution in [1.82, 2.24) is 15.1 Å². The van der Waals surface area contributed by atoms with Crippen LogP contribution in [0.2, 0.25) is 5.02 Å². The zero-order valence-corrected chi connectivity index (χ0v) is 15.9. The SMILES string of the molecule is COCCNC(=O)[C@H](C)Sc1ccc(=O)n(-c2ccc(C)c(Cl)c2)n1. The lowest BCUT2D eigenvalue weighted by atomic mass is 10.2. The van der Waals surface area contributed by atoms with E-state index in [2.05, 4.69) is 10.4 Å². The Morgan fingerprint density at radius 2 is 2.16 bits per heavy atom. The molecule has 1 aromatic carbocycles. The number of hydrogen-bond acceptors (Lipinski definition) is 5. The summed E-state index contributed by atoms with van der Waals surface area (Å²) in [6.07, 6.45) is 0. The number of halogens is 1. The fraction of sp³-hybridized carbons (Fsp3) is 0.353. The van der Waals surface area contributed by atoms with Crippen molar-refractivity contribution in [3.05, 3.63) is 51.3 Å². The summed E-state index contributed by atoms with van der Waals surface area (Å²) in [4.78, 5) is 24.1. The van der Waals surface area contributed by atoms with Gasteiger partial charge in [-0.05, 0) is 37.6 Å². The van der Waals surface area contributed by atoms with Crippen LogP contribution >= 0.6 is 23.4 Å². The van der Waals surface area contributed by atoms with Crippen molar-refractivity contribution in [1.29, 1.82) is 0 Å². The van der Waals surface area contributed by atoms with E-state index in [1.807, 2.05) is 13.0 Å². The van der Waals surface area contributed by atoms with Gasteiger partial charge in [0.1, 0.15) is 5.03 Å². The van der Waals surface area contributed by atoms with Crippen molar-refractivity contribution in [3.63, 3.8) is 0 Å². The number of carbonyl (C=O) groups excluding carboxylic acids is 1. The van der Waals surface area contributed by atoms with E-state index in [1.165, 1.54) is 22.5 Å². The van der Waals surface area contributed by atoms with Gasteiger partial charge in [0.15, 0.2) is 0 Å². The Bertz CT molecular complexity index is 810. The maximum absolute atomic E-state index is 12.1. The third-order valence-corrected chi connectivity index (χ3v) is 4.88. The summed E-state index contributed by atoms with van der Waals surface area (Å²) in [6.45, 7) is 4.58. The minimum atomic E-state index is -0.350. The number of aromatic nitrogens is 2. The molecule has 0 spiro atoms. The monoisotopic (exact) mass is 381 g/mol. The minimum absolute atomic E-state index is 0.111. The van der Waals surface area contributed by atoms with E-state index in [1.54, 1.807) is 32.2 Å². The molecule has 1 N–H and O–H groups in total. The fourth-order valence-corrected chi connectivity index (χ4v) is 3.01. The van der Waals surface area contributed by atoms with Crippen molar-refractivity contribution >= 4 is 29.3 Å². The molecule has 0 fully saturated rings. The fourth-order valence-electron chi connectivity index (χ4n) is 2.01. The van der Waals surface area contributed by atoms with Gasteiger partial charge in [-0.15, -0.1) is 0 Å². The molecule has 134 valence electrons. The van der Waals surface area contributed by atoms with Crippen LogP contribution in [-0.4, -0.2) is 41.2 Å². The number of rotatable bonds is 7. The molecule has 0 aliphatic rings. The molecule has 6 nitrogen and oxygen atoms in total. The molecule has 0 bridgehead atoms. The Kier molecular flexibility index (Phi) is 7.04. The van der Waals surface area contributed by atoms with E-state index in [0.717, 1.165) is 5.56 Å². The molecule has 1 heterocycles. The number of hydrogen-bond donors (Lipinski definition) is 1. The number of nitrogens with one attached hydrogen (secondary N) is 1. The van der Waals surface area contributed by atoms with Crippen LogP contribution in [0.25, 0.3) is 5.69 Å². The lowest BCUT2D eigenvalue weighted by Gasteiger charge is -2.12. The summed E-state index contributed by atoms with van der Waals surface area (Å²) in [7, 11) is 1.58. The molecule has 8 heteroatoms. The summed E-state index contributed by atoms with van der Waals surface area (Å²) in [5.74, 6) is -0.111. The van der Waals surface area contributed by atoms with E-state index in [9.17, 15) is 9.59 Å². The maximum Gasteiger partial charge on any atom is 0.271 e. The van der Waals surface area contributed by atoms with Crippen molar-refractivity contribution < 1.29 is 9.53 Å². The molecule has 25 heavy (non-hydrogen) atoms. The first kappa shape index (κ1) is 19.5. The van der Waals surface area contributed by atoms with Crippen molar-refractivity contribution in [2.45, 2.75) is 24.1 Å². The summed E-state index contributed by atoms with van der Waals surface area (Å²) in [5, 5.41) is 7.90. The summed E-state index contributed by atoms with van der Waals surface area (Å²) in [6, 6.07) is 8.35. The highest BCUT2D eigenvalue weighted by Gasteiger charge is 2.15. The maximum atomic E-state index is 12.1. The van der Waals surface area contributed by atoms with Gasteiger partial charge >= 0.3 is 0 Å². The third kappa shape index (κ3) is 5.32. The van der Waals surface area contributed by atoms with Crippen LogP contribution in [0.5, 0.6) is 0 Å². The first-order valence-corrected chi connectivity index (χ1v) is 8.98. The largest absolute Gasteiger partial charge is 0.383 e. The van der Waals surface area contributed by atoms with Crippen LogP contribution in [0.3, 0.4) is 0 Å².